The highest BCUT2D eigenvalue weighted by atomic mass is 19.4. The van der Waals surface area contributed by atoms with Gasteiger partial charge in [0.25, 0.3) is 5.91 Å². The fraction of sp³-hybridized carbons (Fsp3) is 0.833. The standard InChI is InChI=1S/C18H26F3N3O3/c1-11-5-7-17(8-6-11)15(26)23(16(27)22-17)9-14(25)24(10-18(19,20)21)12(2)13-3-4-13/h11-13H,3-10H2,1-2H3,(H,22,27)/t11?,12-,17?/m0/s1. The van der Waals surface area contributed by atoms with Gasteiger partial charge in [-0.2, -0.15) is 13.2 Å². The van der Waals surface area contributed by atoms with Gasteiger partial charge in [0.05, 0.1) is 0 Å². The molecule has 2 aliphatic carbocycles. The molecule has 0 unspecified atom stereocenters. The first kappa shape index (κ1) is 19.9. The molecule has 9 heteroatoms. The number of carbonyl (C=O) groups is 3. The number of amides is 4. The second-order valence-corrected chi connectivity index (χ2v) is 8.30. The van der Waals surface area contributed by atoms with Crippen LogP contribution in [0.2, 0.25) is 0 Å². The minimum Gasteiger partial charge on any atom is -0.329 e. The Morgan fingerprint density at radius 2 is 1.85 bits per heavy atom. The number of carbonyl (C=O) groups excluding carboxylic acids is 3. The largest absolute Gasteiger partial charge is 0.406 e. The Bertz CT molecular complexity index is 625. The molecule has 27 heavy (non-hydrogen) atoms. The molecule has 0 aromatic rings. The minimum atomic E-state index is -4.53. The number of rotatable bonds is 5. The number of alkyl halides is 3. The number of halogens is 3. The van der Waals surface area contributed by atoms with Crippen molar-refractivity contribution < 1.29 is 27.6 Å². The smallest absolute Gasteiger partial charge is 0.329 e. The maximum atomic E-state index is 12.9. The minimum absolute atomic E-state index is 0.0468. The Labute approximate surface area is 156 Å². The number of nitrogens with one attached hydrogen (secondary N) is 1. The van der Waals surface area contributed by atoms with Gasteiger partial charge in [0, 0.05) is 6.04 Å². The Morgan fingerprint density at radius 3 is 2.37 bits per heavy atom. The van der Waals surface area contributed by atoms with Gasteiger partial charge >= 0.3 is 12.2 Å². The van der Waals surface area contributed by atoms with Crippen molar-refractivity contribution in [2.45, 2.75) is 70.1 Å². The summed E-state index contributed by atoms with van der Waals surface area (Å²) < 4.78 is 38.8. The van der Waals surface area contributed by atoms with Crippen molar-refractivity contribution in [1.82, 2.24) is 15.1 Å². The highest BCUT2D eigenvalue weighted by Crippen LogP contribution is 2.38. The zero-order valence-electron chi connectivity index (χ0n) is 15.6. The molecule has 3 aliphatic rings. The normalized spacial score (nSPS) is 29.8. The van der Waals surface area contributed by atoms with Gasteiger partial charge < -0.3 is 10.2 Å². The van der Waals surface area contributed by atoms with Crippen LogP contribution in [0.4, 0.5) is 18.0 Å². The SMILES string of the molecule is CC1CCC2(CC1)NC(=O)N(CC(=O)N(CC(F)(F)F)[C@@H](C)C1CC1)C2=O. The van der Waals surface area contributed by atoms with E-state index in [2.05, 4.69) is 12.2 Å². The van der Waals surface area contributed by atoms with E-state index in [1.807, 2.05) is 0 Å². The van der Waals surface area contributed by atoms with Gasteiger partial charge in [-0.1, -0.05) is 6.92 Å². The monoisotopic (exact) mass is 389 g/mol. The van der Waals surface area contributed by atoms with Gasteiger partial charge in [-0.15, -0.1) is 0 Å². The predicted molar refractivity (Wildman–Crippen MR) is 90.6 cm³/mol. The Morgan fingerprint density at radius 1 is 1.26 bits per heavy atom. The van der Waals surface area contributed by atoms with E-state index in [0.29, 0.717) is 18.8 Å². The number of urea groups is 1. The zero-order chi connectivity index (χ0) is 20.0. The molecule has 0 radical (unpaired) electrons. The van der Waals surface area contributed by atoms with Crippen LogP contribution in [0.1, 0.15) is 52.4 Å². The van der Waals surface area contributed by atoms with E-state index in [-0.39, 0.29) is 5.92 Å². The van der Waals surface area contributed by atoms with Crippen LogP contribution in [0.25, 0.3) is 0 Å². The summed E-state index contributed by atoms with van der Waals surface area (Å²) >= 11 is 0. The summed E-state index contributed by atoms with van der Waals surface area (Å²) in [5, 5.41) is 2.69. The summed E-state index contributed by atoms with van der Waals surface area (Å²) in [5.41, 5.74) is -0.999. The lowest BCUT2D eigenvalue weighted by Gasteiger charge is -2.34. The number of hydrogen-bond donors (Lipinski definition) is 1. The summed E-state index contributed by atoms with van der Waals surface area (Å²) in [6.45, 7) is 1.66. The van der Waals surface area contributed by atoms with Gasteiger partial charge in [-0.25, -0.2) is 4.79 Å². The van der Waals surface area contributed by atoms with Crippen LogP contribution in [0.5, 0.6) is 0 Å². The maximum absolute atomic E-state index is 12.9. The van der Waals surface area contributed by atoms with Crippen LogP contribution in [-0.2, 0) is 9.59 Å². The summed E-state index contributed by atoms with van der Waals surface area (Å²) in [5.74, 6) is -0.821. The van der Waals surface area contributed by atoms with Crippen LogP contribution >= 0.6 is 0 Å². The van der Waals surface area contributed by atoms with E-state index in [0.717, 1.165) is 35.5 Å². The summed E-state index contributed by atoms with van der Waals surface area (Å²) in [7, 11) is 0. The average molecular weight is 389 g/mol. The van der Waals surface area contributed by atoms with Crippen molar-refractivity contribution in [3.63, 3.8) is 0 Å². The van der Waals surface area contributed by atoms with Gasteiger partial charge in [0.15, 0.2) is 0 Å². The summed E-state index contributed by atoms with van der Waals surface area (Å²) in [6, 6.07) is -1.25. The van der Waals surface area contributed by atoms with E-state index in [4.69, 9.17) is 0 Å². The molecule has 1 heterocycles. The van der Waals surface area contributed by atoms with Crippen LogP contribution in [0.3, 0.4) is 0 Å². The zero-order valence-corrected chi connectivity index (χ0v) is 15.6. The fourth-order valence-electron chi connectivity index (χ4n) is 4.13. The quantitative estimate of drug-likeness (QED) is 0.735. The third kappa shape index (κ3) is 4.21. The van der Waals surface area contributed by atoms with Crippen molar-refractivity contribution in [1.29, 1.82) is 0 Å². The van der Waals surface area contributed by atoms with E-state index in [1.54, 1.807) is 6.92 Å². The number of hydrogen-bond acceptors (Lipinski definition) is 3. The molecule has 1 atom stereocenters. The topological polar surface area (TPSA) is 69.7 Å². The molecule has 3 fully saturated rings. The Hall–Kier alpha value is -1.80. The van der Waals surface area contributed by atoms with E-state index >= 15 is 0 Å². The van der Waals surface area contributed by atoms with Crippen molar-refractivity contribution in [2.24, 2.45) is 11.8 Å². The molecular formula is C18H26F3N3O3. The first-order chi connectivity index (χ1) is 12.5. The van der Waals surface area contributed by atoms with Crippen LogP contribution in [-0.4, -0.2) is 58.5 Å². The Balaban J connectivity index is 1.71. The van der Waals surface area contributed by atoms with Crippen LogP contribution in [0, 0.1) is 11.8 Å². The first-order valence-electron chi connectivity index (χ1n) is 9.53. The summed E-state index contributed by atoms with van der Waals surface area (Å²) in [6.07, 6.45) is -0.404. The maximum Gasteiger partial charge on any atom is 0.406 e. The Kier molecular flexibility index (Phi) is 5.16. The molecule has 1 N–H and O–H groups in total. The van der Waals surface area contributed by atoms with Crippen molar-refractivity contribution in [2.75, 3.05) is 13.1 Å². The van der Waals surface area contributed by atoms with E-state index in [9.17, 15) is 27.6 Å². The van der Waals surface area contributed by atoms with E-state index < -0.39 is 48.7 Å². The predicted octanol–water partition coefficient (Wildman–Crippen LogP) is 2.68. The third-order valence-electron chi connectivity index (χ3n) is 6.13. The van der Waals surface area contributed by atoms with Crippen molar-refractivity contribution in [3.05, 3.63) is 0 Å². The van der Waals surface area contributed by atoms with Gasteiger partial charge in [0.1, 0.15) is 18.6 Å². The number of nitrogens with zero attached hydrogens (tertiary/aromatic N) is 2. The lowest BCUT2D eigenvalue weighted by molar-refractivity contribution is -0.166. The molecule has 1 spiro atoms. The van der Waals surface area contributed by atoms with Gasteiger partial charge in [-0.05, 0) is 57.3 Å². The van der Waals surface area contributed by atoms with E-state index in [1.165, 1.54) is 0 Å². The van der Waals surface area contributed by atoms with Crippen molar-refractivity contribution >= 4 is 17.8 Å². The highest BCUT2D eigenvalue weighted by Gasteiger charge is 2.53. The van der Waals surface area contributed by atoms with Crippen LogP contribution in [0.15, 0.2) is 0 Å². The molecule has 6 nitrogen and oxygen atoms in total. The molecule has 0 aromatic heterocycles. The molecule has 1 saturated heterocycles. The molecule has 3 rings (SSSR count). The lowest BCUT2D eigenvalue weighted by atomic mass is 9.77. The third-order valence-corrected chi connectivity index (χ3v) is 6.13. The molecular weight excluding hydrogens is 363 g/mol. The lowest BCUT2D eigenvalue weighted by Crippen LogP contribution is -2.52. The molecule has 1 aliphatic heterocycles. The molecule has 4 amide bonds. The van der Waals surface area contributed by atoms with Crippen LogP contribution < -0.4 is 5.32 Å². The van der Waals surface area contributed by atoms with Crippen molar-refractivity contribution in [3.8, 4) is 0 Å². The molecule has 0 bridgehead atoms. The molecule has 2 saturated carbocycles. The second-order valence-electron chi connectivity index (χ2n) is 8.30. The van der Waals surface area contributed by atoms with Gasteiger partial charge in [0.2, 0.25) is 5.91 Å². The average Bonchev–Trinajstić information content (AvgIpc) is 3.39. The molecule has 152 valence electrons. The highest BCUT2D eigenvalue weighted by molar-refractivity contribution is 6.09. The number of imide groups is 1. The first-order valence-corrected chi connectivity index (χ1v) is 9.53. The second kappa shape index (κ2) is 6.98. The van der Waals surface area contributed by atoms with Gasteiger partial charge in [-0.3, -0.25) is 14.5 Å². The summed E-state index contributed by atoms with van der Waals surface area (Å²) in [4.78, 5) is 39.3. The fourth-order valence-corrected chi connectivity index (χ4v) is 4.13. The molecule has 0 aromatic carbocycles.